The van der Waals surface area contributed by atoms with E-state index in [0.717, 1.165) is 23.3 Å². The predicted octanol–water partition coefficient (Wildman–Crippen LogP) is 3.20. The van der Waals surface area contributed by atoms with Crippen molar-refractivity contribution in [1.29, 1.82) is 0 Å². The van der Waals surface area contributed by atoms with Gasteiger partial charge in [0.25, 0.3) is 0 Å². The number of carbonyl (C=O) groups excluding carboxylic acids is 1. The van der Waals surface area contributed by atoms with Crippen LogP contribution in [0.2, 0.25) is 0 Å². The summed E-state index contributed by atoms with van der Waals surface area (Å²) in [5.41, 5.74) is 7.53. The maximum absolute atomic E-state index is 11.5. The molecule has 4 nitrogen and oxygen atoms in total. The molecule has 1 aromatic rings. The molecule has 1 aromatic carbocycles. The lowest BCUT2D eigenvalue weighted by Crippen LogP contribution is -2.25. The Kier molecular flexibility index (Phi) is 9.86. The standard InChI is InChI=1S/C17H28N2O2.ClH/c1-12(2)9-14(4)21-16-10-13(3)5-6-15(16)11-19-17(20)7-8-18;/h5-6,10,12,14H,7-9,11,18H2,1-4H3,(H,19,20);1H. The molecule has 1 unspecified atom stereocenters. The van der Waals surface area contributed by atoms with Crippen LogP contribution in [0.5, 0.6) is 5.75 Å². The summed E-state index contributed by atoms with van der Waals surface area (Å²) in [6, 6.07) is 6.07. The fraction of sp³-hybridized carbons (Fsp3) is 0.588. The maximum Gasteiger partial charge on any atom is 0.221 e. The van der Waals surface area contributed by atoms with Gasteiger partial charge in [-0.1, -0.05) is 26.0 Å². The molecule has 126 valence electrons. The van der Waals surface area contributed by atoms with E-state index in [1.54, 1.807) is 0 Å². The van der Waals surface area contributed by atoms with Gasteiger partial charge >= 0.3 is 0 Å². The van der Waals surface area contributed by atoms with Gasteiger partial charge < -0.3 is 15.8 Å². The maximum atomic E-state index is 11.5. The van der Waals surface area contributed by atoms with Crippen LogP contribution in [-0.4, -0.2) is 18.6 Å². The topological polar surface area (TPSA) is 64.4 Å². The SMILES string of the molecule is Cc1ccc(CNC(=O)CCN)c(OC(C)CC(C)C)c1.Cl. The number of ether oxygens (including phenoxy) is 1. The predicted molar refractivity (Wildman–Crippen MR) is 93.5 cm³/mol. The number of carbonyl (C=O) groups is 1. The number of amides is 1. The molecule has 0 spiro atoms. The zero-order valence-corrected chi connectivity index (χ0v) is 14.8. The fourth-order valence-electron chi connectivity index (χ4n) is 2.26. The molecule has 0 radical (unpaired) electrons. The molecule has 1 atom stereocenters. The van der Waals surface area contributed by atoms with Crippen molar-refractivity contribution in [2.75, 3.05) is 6.54 Å². The number of nitrogens with two attached hydrogens (primary N) is 1. The highest BCUT2D eigenvalue weighted by Crippen LogP contribution is 2.23. The minimum absolute atomic E-state index is 0. The molecule has 1 rings (SSSR count). The van der Waals surface area contributed by atoms with E-state index in [1.165, 1.54) is 0 Å². The van der Waals surface area contributed by atoms with Crippen LogP contribution in [0.4, 0.5) is 0 Å². The van der Waals surface area contributed by atoms with E-state index >= 15 is 0 Å². The monoisotopic (exact) mass is 328 g/mol. The van der Waals surface area contributed by atoms with Crippen molar-refractivity contribution in [3.05, 3.63) is 29.3 Å². The molecule has 0 aliphatic heterocycles. The van der Waals surface area contributed by atoms with Crippen LogP contribution in [0, 0.1) is 12.8 Å². The van der Waals surface area contributed by atoms with Gasteiger partial charge in [-0.15, -0.1) is 12.4 Å². The third kappa shape index (κ3) is 7.66. The zero-order valence-electron chi connectivity index (χ0n) is 14.0. The van der Waals surface area contributed by atoms with Gasteiger partial charge in [-0.25, -0.2) is 0 Å². The van der Waals surface area contributed by atoms with E-state index in [0.29, 0.717) is 25.4 Å². The lowest BCUT2D eigenvalue weighted by atomic mass is 10.1. The summed E-state index contributed by atoms with van der Waals surface area (Å²) in [6.45, 7) is 9.33. The highest BCUT2D eigenvalue weighted by Gasteiger charge is 2.11. The molecule has 1 amide bonds. The van der Waals surface area contributed by atoms with Gasteiger partial charge in [0.05, 0.1) is 6.10 Å². The summed E-state index contributed by atoms with van der Waals surface area (Å²) in [5.74, 6) is 1.42. The molecule has 0 fully saturated rings. The van der Waals surface area contributed by atoms with Crippen molar-refractivity contribution < 1.29 is 9.53 Å². The van der Waals surface area contributed by atoms with E-state index < -0.39 is 0 Å². The highest BCUT2D eigenvalue weighted by atomic mass is 35.5. The van der Waals surface area contributed by atoms with Crippen LogP contribution >= 0.6 is 12.4 Å². The van der Waals surface area contributed by atoms with E-state index in [9.17, 15) is 4.79 Å². The molecule has 22 heavy (non-hydrogen) atoms. The second kappa shape index (κ2) is 10.5. The number of rotatable bonds is 8. The lowest BCUT2D eigenvalue weighted by molar-refractivity contribution is -0.121. The third-order valence-corrected chi connectivity index (χ3v) is 3.20. The summed E-state index contributed by atoms with van der Waals surface area (Å²) in [4.78, 5) is 11.5. The molecule has 0 aliphatic rings. The molecular formula is C17H29ClN2O2. The van der Waals surface area contributed by atoms with Crippen LogP contribution in [0.25, 0.3) is 0 Å². The number of hydrogen-bond donors (Lipinski definition) is 2. The molecule has 0 aromatic heterocycles. The van der Waals surface area contributed by atoms with E-state index in [1.807, 2.05) is 25.1 Å². The van der Waals surface area contributed by atoms with E-state index in [-0.39, 0.29) is 24.4 Å². The number of nitrogens with one attached hydrogen (secondary N) is 1. The highest BCUT2D eigenvalue weighted by molar-refractivity contribution is 5.85. The molecule has 0 saturated heterocycles. The molecule has 0 saturated carbocycles. The Labute approximate surface area is 140 Å². The molecule has 0 aliphatic carbocycles. The Morgan fingerprint density at radius 1 is 1.32 bits per heavy atom. The van der Waals surface area contributed by atoms with Crippen molar-refractivity contribution in [3.63, 3.8) is 0 Å². The summed E-state index contributed by atoms with van der Waals surface area (Å²) in [5, 5.41) is 2.87. The molecule has 0 bridgehead atoms. The summed E-state index contributed by atoms with van der Waals surface area (Å²) in [7, 11) is 0. The number of benzene rings is 1. The normalized spacial score (nSPS) is 11.7. The number of hydrogen-bond acceptors (Lipinski definition) is 3. The first-order chi connectivity index (χ1) is 9.92. The fourth-order valence-corrected chi connectivity index (χ4v) is 2.26. The average Bonchev–Trinajstić information content (AvgIpc) is 2.37. The van der Waals surface area contributed by atoms with Gasteiger partial charge in [0.15, 0.2) is 0 Å². The average molecular weight is 329 g/mol. The Hall–Kier alpha value is -1.26. The van der Waals surface area contributed by atoms with Crippen LogP contribution in [0.15, 0.2) is 18.2 Å². The summed E-state index contributed by atoms with van der Waals surface area (Å²) in [6.07, 6.45) is 1.52. The first-order valence-electron chi connectivity index (χ1n) is 7.65. The third-order valence-electron chi connectivity index (χ3n) is 3.20. The van der Waals surface area contributed by atoms with E-state index in [2.05, 4.69) is 26.1 Å². The Balaban J connectivity index is 0.00000441. The largest absolute Gasteiger partial charge is 0.490 e. The van der Waals surface area contributed by atoms with Crippen molar-refractivity contribution in [2.24, 2.45) is 11.7 Å². The molecule has 0 heterocycles. The van der Waals surface area contributed by atoms with Gasteiger partial charge in [0.1, 0.15) is 5.75 Å². The van der Waals surface area contributed by atoms with Crippen LogP contribution in [-0.2, 0) is 11.3 Å². The number of halogens is 1. The Bertz CT molecular complexity index is 464. The zero-order chi connectivity index (χ0) is 15.8. The van der Waals surface area contributed by atoms with Gasteiger partial charge in [0.2, 0.25) is 5.91 Å². The van der Waals surface area contributed by atoms with Gasteiger partial charge in [-0.3, -0.25) is 4.79 Å². The van der Waals surface area contributed by atoms with Crippen molar-refractivity contribution in [1.82, 2.24) is 5.32 Å². The second-order valence-corrected chi connectivity index (χ2v) is 5.98. The second-order valence-electron chi connectivity index (χ2n) is 5.98. The summed E-state index contributed by atoms with van der Waals surface area (Å²) >= 11 is 0. The first kappa shape index (κ1) is 20.7. The Morgan fingerprint density at radius 2 is 2.00 bits per heavy atom. The number of aryl methyl sites for hydroxylation is 1. The minimum atomic E-state index is -0.0285. The smallest absolute Gasteiger partial charge is 0.221 e. The van der Waals surface area contributed by atoms with Crippen LogP contribution in [0.1, 0.15) is 44.7 Å². The van der Waals surface area contributed by atoms with Crippen molar-refractivity contribution in [3.8, 4) is 5.75 Å². The first-order valence-corrected chi connectivity index (χ1v) is 7.65. The molecule has 3 N–H and O–H groups in total. The molecule has 5 heteroatoms. The van der Waals surface area contributed by atoms with Crippen LogP contribution < -0.4 is 15.8 Å². The quantitative estimate of drug-likeness (QED) is 0.770. The Morgan fingerprint density at radius 3 is 2.59 bits per heavy atom. The molecular weight excluding hydrogens is 300 g/mol. The van der Waals surface area contributed by atoms with Crippen molar-refractivity contribution in [2.45, 2.75) is 53.2 Å². The van der Waals surface area contributed by atoms with Gasteiger partial charge in [0, 0.05) is 25.1 Å². The van der Waals surface area contributed by atoms with Crippen LogP contribution in [0.3, 0.4) is 0 Å². The van der Waals surface area contributed by atoms with Crippen molar-refractivity contribution >= 4 is 18.3 Å². The van der Waals surface area contributed by atoms with Gasteiger partial charge in [-0.05, 0) is 37.8 Å². The minimum Gasteiger partial charge on any atom is -0.490 e. The van der Waals surface area contributed by atoms with E-state index in [4.69, 9.17) is 10.5 Å². The summed E-state index contributed by atoms with van der Waals surface area (Å²) < 4.78 is 6.05. The van der Waals surface area contributed by atoms with Gasteiger partial charge in [-0.2, -0.15) is 0 Å². The lowest BCUT2D eigenvalue weighted by Gasteiger charge is -2.19.